The molecule has 1 amide bonds. The Bertz CT molecular complexity index is 483. The van der Waals surface area contributed by atoms with Crippen LogP contribution in [0.4, 0.5) is 0 Å². The number of hydrogen-bond acceptors (Lipinski definition) is 3. The molecule has 3 nitrogen and oxygen atoms in total. The summed E-state index contributed by atoms with van der Waals surface area (Å²) in [5.74, 6) is 2.37. The van der Waals surface area contributed by atoms with Crippen molar-refractivity contribution in [2.24, 2.45) is 5.92 Å². The van der Waals surface area contributed by atoms with Crippen LogP contribution in [0.2, 0.25) is 5.02 Å². The smallest absolute Gasteiger partial charge is 0.224 e. The second-order valence-corrected chi connectivity index (χ2v) is 7.40. The van der Waals surface area contributed by atoms with Crippen LogP contribution in [-0.4, -0.2) is 43.2 Å². The second kappa shape index (κ2) is 9.43. The van der Waals surface area contributed by atoms with Gasteiger partial charge in [-0.15, -0.1) is 0 Å². The normalized spacial score (nSPS) is 19.1. The van der Waals surface area contributed by atoms with Crippen molar-refractivity contribution in [2.75, 3.05) is 32.4 Å². The number of hydrogen-bond donors (Lipinski definition) is 1. The van der Waals surface area contributed by atoms with Gasteiger partial charge in [-0.1, -0.05) is 29.8 Å². The molecule has 22 heavy (non-hydrogen) atoms. The quantitative estimate of drug-likeness (QED) is 0.772. The highest BCUT2D eigenvalue weighted by Crippen LogP contribution is 2.21. The molecule has 0 saturated carbocycles. The van der Waals surface area contributed by atoms with Gasteiger partial charge in [0.1, 0.15) is 0 Å². The number of thioether (sulfide) groups is 1. The summed E-state index contributed by atoms with van der Waals surface area (Å²) in [5, 5.41) is 3.92. The lowest BCUT2D eigenvalue weighted by molar-refractivity contribution is -0.126. The number of likely N-dealkylation sites (tertiary alicyclic amines) is 1. The Balaban J connectivity index is 1.55. The molecule has 1 saturated heterocycles. The summed E-state index contributed by atoms with van der Waals surface area (Å²) in [4.78, 5) is 14.3. The Kier molecular flexibility index (Phi) is 7.56. The maximum Gasteiger partial charge on any atom is 0.224 e. The van der Waals surface area contributed by atoms with E-state index in [-0.39, 0.29) is 11.8 Å². The summed E-state index contributed by atoms with van der Waals surface area (Å²) < 4.78 is 0. The molecule has 0 radical (unpaired) electrons. The van der Waals surface area contributed by atoms with Gasteiger partial charge >= 0.3 is 0 Å². The molecular weight excluding hydrogens is 316 g/mol. The van der Waals surface area contributed by atoms with Gasteiger partial charge in [-0.3, -0.25) is 4.79 Å². The van der Waals surface area contributed by atoms with E-state index in [1.165, 1.54) is 5.56 Å². The molecule has 1 heterocycles. The predicted octanol–water partition coefficient (Wildman–Crippen LogP) is 3.42. The van der Waals surface area contributed by atoms with Gasteiger partial charge in [0.05, 0.1) is 5.92 Å². The van der Waals surface area contributed by atoms with Crippen molar-refractivity contribution in [2.45, 2.75) is 25.0 Å². The average Bonchev–Trinajstić information content (AvgIpc) is 2.52. The largest absolute Gasteiger partial charge is 0.356 e. The number of carbonyl (C=O) groups is 1. The van der Waals surface area contributed by atoms with E-state index in [1.807, 2.05) is 30.0 Å². The molecule has 122 valence electrons. The molecule has 5 heteroatoms. The Hall–Kier alpha value is -0.710. The zero-order valence-corrected chi connectivity index (χ0v) is 14.8. The fourth-order valence-electron chi connectivity index (χ4n) is 2.71. The molecule has 1 fully saturated rings. The zero-order valence-electron chi connectivity index (χ0n) is 13.2. The van der Waals surface area contributed by atoms with Crippen LogP contribution in [0, 0.1) is 5.92 Å². The number of amides is 1. The number of halogens is 1. The predicted molar refractivity (Wildman–Crippen MR) is 95.5 cm³/mol. The zero-order chi connectivity index (χ0) is 15.8. The van der Waals surface area contributed by atoms with E-state index in [0.717, 1.165) is 55.4 Å². The monoisotopic (exact) mass is 340 g/mol. The second-order valence-electron chi connectivity index (χ2n) is 5.89. The molecule has 1 aliphatic heterocycles. The van der Waals surface area contributed by atoms with Crippen molar-refractivity contribution in [3.8, 4) is 0 Å². The van der Waals surface area contributed by atoms with Crippen molar-refractivity contribution in [1.82, 2.24) is 10.2 Å². The van der Waals surface area contributed by atoms with E-state index in [1.54, 1.807) is 0 Å². The van der Waals surface area contributed by atoms with Gasteiger partial charge in [0.25, 0.3) is 0 Å². The lowest BCUT2D eigenvalue weighted by Crippen LogP contribution is -2.41. The van der Waals surface area contributed by atoms with Gasteiger partial charge in [0.2, 0.25) is 5.91 Å². The Morgan fingerprint density at radius 1 is 1.45 bits per heavy atom. The Morgan fingerprint density at radius 2 is 2.27 bits per heavy atom. The van der Waals surface area contributed by atoms with Crippen LogP contribution in [-0.2, 0) is 10.5 Å². The van der Waals surface area contributed by atoms with E-state index in [9.17, 15) is 4.79 Å². The third-order valence-electron chi connectivity index (χ3n) is 3.98. The lowest BCUT2D eigenvalue weighted by atomic mass is 9.98. The molecule has 0 bridgehead atoms. The maximum atomic E-state index is 12.1. The van der Waals surface area contributed by atoms with E-state index < -0.39 is 0 Å². The third kappa shape index (κ3) is 5.82. The number of benzene rings is 1. The molecule has 1 aliphatic rings. The first-order valence-electron chi connectivity index (χ1n) is 7.94. The highest BCUT2D eigenvalue weighted by molar-refractivity contribution is 7.98. The van der Waals surface area contributed by atoms with E-state index in [4.69, 9.17) is 11.6 Å². The molecule has 0 spiro atoms. The lowest BCUT2D eigenvalue weighted by Gasteiger charge is -2.28. The first-order chi connectivity index (χ1) is 10.7. The van der Waals surface area contributed by atoms with Crippen LogP contribution >= 0.6 is 23.4 Å². The number of nitrogens with one attached hydrogen (secondary N) is 1. The molecule has 0 aliphatic carbocycles. The summed E-state index contributed by atoms with van der Waals surface area (Å²) in [6, 6.07) is 7.97. The minimum Gasteiger partial charge on any atom is -0.356 e. The molecule has 1 aromatic rings. The van der Waals surface area contributed by atoms with Gasteiger partial charge in [0, 0.05) is 23.9 Å². The number of carbonyl (C=O) groups excluding carboxylic acids is 1. The summed E-state index contributed by atoms with van der Waals surface area (Å²) in [5.41, 5.74) is 1.18. The van der Waals surface area contributed by atoms with E-state index in [0.29, 0.717) is 0 Å². The molecule has 2 rings (SSSR count). The fourth-order valence-corrected chi connectivity index (χ4v) is 3.95. The van der Waals surface area contributed by atoms with Crippen molar-refractivity contribution in [1.29, 1.82) is 0 Å². The topological polar surface area (TPSA) is 32.3 Å². The highest BCUT2D eigenvalue weighted by atomic mass is 35.5. The van der Waals surface area contributed by atoms with Crippen LogP contribution in [0.15, 0.2) is 24.3 Å². The van der Waals surface area contributed by atoms with Crippen LogP contribution in [0.25, 0.3) is 0 Å². The molecule has 0 unspecified atom stereocenters. The Labute approximate surface area is 142 Å². The SMILES string of the molecule is CN1CCC[C@@H](C(=O)NCCCSCc2ccccc2Cl)C1. The third-order valence-corrected chi connectivity index (χ3v) is 5.44. The number of piperidine rings is 1. The Morgan fingerprint density at radius 3 is 3.05 bits per heavy atom. The van der Waals surface area contributed by atoms with Crippen molar-refractivity contribution < 1.29 is 4.79 Å². The van der Waals surface area contributed by atoms with Crippen molar-refractivity contribution in [3.63, 3.8) is 0 Å². The van der Waals surface area contributed by atoms with Crippen LogP contribution in [0.1, 0.15) is 24.8 Å². The first-order valence-corrected chi connectivity index (χ1v) is 9.47. The molecule has 1 N–H and O–H groups in total. The van der Waals surface area contributed by atoms with Gasteiger partial charge in [0.15, 0.2) is 0 Å². The molecule has 1 atom stereocenters. The average molecular weight is 341 g/mol. The maximum absolute atomic E-state index is 12.1. The van der Waals surface area contributed by atoms with Gasteiger partial charge in [-0.25, -0.2) is 0 Å². The van der Waals surface area contributed by atoms with Crippen LogP contribution in [0.5, 0.6) is 0 Å². The van der Waals surface area contributed by atoms with Crippen LogP contribution < -0.4 is 5.32 Å². The summed E-state index contributed by atoms with van der Waals surface area (Å²) in [6.45, 7) is 2.78. The first kappa shape index (κ1) is 17.6. The summed E-state index contributed by atoms with van der Waals surface area (Å²) in [7, 11) is 2.09. The fraction of sp³-hybridized carbons (Fsp3) is 0.588. The molecular formula is C17H25ClN2OS. The van der Waals surface area contributed by atoms with Crippen molar-refractivity contribution >= 4 is 29.3 Å². The van der Waals surface area contributed by atoms with Gasteiger partial charge in [-0.2, -0.15) is 11.8 Å². The molecule has 1 aromatic carbocycles. The summed E-state index contributed by atoms with van der Waals surface area (Å²) >= 11 is 7.99. The molecule has 0 aromatic heterocycles. The van der Waals surface area contributed by atoms with E-state index >= 15 is 0 Å². The standard InChI is InChI=1S/C17H25ClN2OS/c1-20-10-4-7-14(12-20)17(21)19-9-5-11-22-13-15-6-2-3-8-16(15)18/h2-3,6,8,14H,4-5,7,9-13H2,1H3,(H,19,21)/t14-/m1/s1. The van der Waals surface area contributed by atoms with E-state index in [2.05, 4.69) is 23.3 Å². The van der Waals surface area contributed by atoms with Crippen molar-refractivity contribution in [3.05, 3.63) is 34.9 Å². The van der Waals surface area contributed by atoms with Gasteiger partial charge in [-0.05, 0) is 50.2 Å². The summed E-state index contributed by atoms with van der Waals surface area (Å²) in [6.07, 6.45) is 3.16. The minimum absolute atomic E-state index is 0.175. The number of nitrogens with zero attached hydrogens (tertiary/aromatic N) is 1. The minimum atomic E-state index is 0.175. The van der Waals surface area contributed by atoms with Crippen LogP contribution in [0.3, 0.4) is 0 Å². The highest BCUT2D eigenvalue weighted by Gasteiger charge is 2.23. The number of rotatable bonds is 7. The van der Waals surface area contributed by atoms with Gasteiger partial charge < -0.3 is 10.2 Å².